The molecular weight excluding hydrogens is 130 g/mol. The molecule has 0 spiro atoms. The Balaban J connectivity index is 4.04. The van der Waals surface area contributed by atoms with Crippen molar-refractivity contribution in [3.8, 4) is 0 Å². The van der Waals surface area contributed by atoms with Gasteiger partial charge in [-0.15, -0.1) is 0 Å². The molecule has 56 valence electrons. The molecule has 4 nitrogen and oxygen atoms in total. The van der Waals surface area contributed by atoms with Crippen molar-refractivity contribution in [3.63, 3.8) is 0 Å². The Morgan fingerprint density at radius 3 is 2.40 bits per heavy atom. The fourth-order valence-corrected chi connectivity index (χ4v) is 0.681. The predicted molar refractivity (Wildman–Crippen MR) is 38.7 cm³/mol. The van der Waals surface area contributed by atoms with Gasteiger partial charge in [-0.25, -0.2) is 0 Å². The molecular formula is C6H12N3O+. The molecule has 0 aromatic rings. The highest BCUT2D eigenvalue weighted by Crippen LogP contribution is 1.98. The molecule has 0 bridgehead atoms. The van der Waals surface area contributed by atoms with Crippen LogP contribution in [0.25, 0.3) is 4.98 Å². The monoisotopic (exact) mass is 142 g/mol. The van der Waals surface area contributed by atoms with E-state index in [9.17, 15) is 0 Å². The summed E-state index contributed by atoms with van der Waals surface area (Å²) in [5.74, 6) is -0.00694. The maximum Gasteiger partial charge on any atom is 0.409 e. The molecule has 0 saturated heterocycles. The van der Waals surface area contributed by atoms with Crippen molar-refractivity contribution in [2.45, 2.75) is 13.8 Å². The number of hydrogen-bond acceptors (Lipinski definition) is 3. The van der Waals surface area contributed by atoms with Crippen LogP contribution in [0.5, 0.6) is 0 Å². The van der Waals surface area contributed by atoms with Gasteiger partial charge >= 0.3 is 6.20 Å². The fraction of sp³-hybridized carbons (Fsp3) is 0.667. The maximum absolute atomic E-state index is 9.04. The number of aliphatic hydroxyl groups excluding tert-OH is 1. The first-order chi connectivity index (χ1) is 4.76. The lowest BCUT2D eigenvalue weighted by Crippen LogP contribution is -2.21. The molecule has 0 aliphatic rings. The minimum absolute atomic E-state index is 0.00694. The zero-order chi connectivity index (χ0) is 7.98. The Kier molecular flexibility index (Phi) is 4.05. The Hall–Kier alpha value is -1.24. The van der Waals surface area contributed by atoms with Gasteiger partial charge < -0.3 is 10.0 Å². The standard InChI is InChI=1S/C6H11N3O/c1-3-9(4-2)6(10)5-8-7/h5H,3-4H2,1-2H3/p+1/b6-5+. The molecule has 0 atom stereocenters. The molecule has 0 rings (SSSR count). The van der Waals surface area contributed by atoms with Gasteiger partial charge in [-0.2, -0.15) is 0 Å². The van der Waals surface area contributed by atoms with Gasteiger partial charge in [-0.3, -0.25) is 0 Å². The van der Waals surface area contributed by atoms with Gasteiger partial charge in [-0.1, -0.05) is 0 Å². The third-order valence-corrected chi connectivity index (χ3v) is 1.26. The summed E-state index contributed by atoms with van der Waals surface area (Å²) < 4.78 is 0. The van der Waals surface area contributed by atoms with Gasteiger partial charge in [0.15, 0.2) is 4.98 Å². The summed E-state index contributed by atoms with van der Waals surface area (Å²) in [4.78, 5) is 4.37. The maximum atomic E-state index is 9.04. The number of aliphatic hydroxyl groups is 1. The Morgan fingerprint density at radius 2 is 2.10 bits per heavy atom. The van der Waals surface area contributed by atoms with Gasteiger partial charge in [-0.05, 0) is 13.8 Å². The molecule has 0 aliphatic carbocycles. The van der Waals surface area contributed by atoms with Crippen LogP contribution in [0.4, 0.5) is 0 Å². The van der Waals surface area contributed by atoms with E-state index in [-0.39, 0.29) is 5.88 Å². The van der Waals surface area contributed by atoms with Crippen molar-refractivity contribution in [2.75, 3.05) is 13.1 Å². The van der Waals surface area contributed by atoms with Gasteiger partial charge in [0.2, 0.25) is 5.39 Å². The smallest absolute Gasteiger partial charge is 0.409 e. The lowest BCUT2D eigenvalue weighted by Gasteiger charge is -2.15. The number of rotatable bonds is 3. The zero-order valence-corrected chi connectivity index (χ0v) is 6.28. The van der Waals surface area contributed by atoms with Crippen LogP contribution in [0.1, 0.15) is 13.8 Å². The molecule has 10 heavy (non-hydrogen) atoms. The van der Waals surface area contributed by atoms with Gasteiger partial charge in [0.25, 0.3) is 5.88 Å². The van der Waals surface area contributed by atoms with Crippen LogP contribution < -0.4 is 0 Å². The SMILES string of the molecule is CCN(CC)/C(O)=C\[N+]#N. The summed E-state index contributed by atoms with van der Waals surface area (Å²) in [5, 5.41) is 17.1. The molecule has 4 heteroatoms. The molecule has 1 N–H and O–H groups in total. The Bertz CT molecular complexity index is 155. The van der Waals surface area contributed by atoms with Crippen molar-refractivity contribution in [1.29, 1.82) is 5.39 Å². The van der Waals surface area contributed by atoms with Gasteiger partial charge in [0, 0.05) is 13.1 Å². The van der Waals surface area contributed by atoms with Crippen LogP contribution >= 0.6 is 0 Å². The van der Waals surface area contributed by atoms with E-state index < -0.39 is 0 Å². The Labute approximate surface area is 60.4 Å². The van der Waals surface area contributed by atoms with E-state index in [2.05, 4.69) is 4.98 Å². The molecule has 0 saturated carbocycles. The third kappa shape index (κ3) is 2.35. The minimum Gasteiger partial charge on any atom is -0.489 e. The first-order valence-electron chi connectivity index (χ1n) is 3.24. The predicted octanol–water partition coefficient (Wildman–Crippen LogP) is 1.54. The largest absolute Gasteiger partial charge is 0.489 e. The van der Waals surface area contributed by atoms with Crippen LogP contribution in [0, 0.1) is 5.39 Å². The fourth-order valence-electron chi connectivity index (χ4n) is 0.681. The second-order valence-electron chi connectivity index (χ2n) is 1.78. The molecule has 0 heterocycles. The highest BCUT2D eigenvalue weighted by molar-refractivity contribution is 4.94. The summed E-state index contributed by atoms with van der Waals surface area (Å²) in [6.07, 6.45) is 1.01. The van der Waals surface area contributed by atoms with Crippen molar-refractivity contribution < 1.29 is 5.11 Å². The normalized spacial score (nSPS) is 10.7. The lowest BCUT2D eigenvalue weighted by atomic mass is 10.5. The van der Waals surface area contributed by atoms with Crippen molar-refractivity contribution in [1.82, 2.24) is 4.90 Å². The third-order valence-electron chi connectivity index (χ3n) is 1.26. The Morgan fingerprint density at radius 1 is 1.60 bits per heavy atom. The van der Waals surface area contributed by atoms with Crippen LogP contribution in [0.15, 0.2) is 12.1 Å². The average Bonchev–Trinajstić information content (AvgIpc) is 1.91. The van der Waals surface area contributed by atoms with E-state index in [1.807, 2.05) is 13.8 Å². The minimum atomic E-state index is -0.00694. The van der Waals surface area contributed by atoms with Crippen LogP contribution in [0.2, 0.25) is 0 Å². The summed E-state index contributed by atoms with van der Waals surface area (Å²) in [6, 6.07) is 0. The van der Waals surface area contributed by atoms with Crippen molar-refractivity contribution in [2.24, 2.45) is 0 Å². The average molecular weight is 142 g/mol. The van der Waals surface area contributed by atoms with Crippen molar-refractivity contribution in [3.05, 3.63) is 17.1 Å². The molecule has 0 aromatic carbocycles. The van der Waals surface area contributed by atoms with Gasteiger partial charge in [0.05, 0.1) is 0 Å². The van der Waals surface area contributed by atoms with E-state index in [1.165, 1.54) is 0 Å². The molecule has 0 fully saturated rings. The van der Waals surface area contributed by atoms with E-state index in [1.54, 1.807) is 4.90 Å². The first kappa shape index (κ1) is 8.76. The number of hydrogen-bond donors (Lipinski definition) is 1. The quantitative estimate of drug-likeness (QED) is 0.480. The molecule has 0 amide bonds. The molecule has 0 aromatic heterocycles. The number of nitrogens with zero attached hydrogens (tertiary/aromatic N) is 3. The van der Waals surface area contributed by atoms with Crippen LogP contribution in [0.3, 0.4) is 0 Å². The second-order valence-corrected chi connectivity index (χ2v) is 1.78. The van der Waals surface area contributed by atoms with Crippen molar-refractivity contribution >= 4 is 0 Å². The highest BCUT2D eigenvalue weighted by atomic mass is 16.3. The summed E-state index contributed by atoms with van der Waals surface area (Å²) in [6.45, 7) is 5.22. The van der Waals surface area contributed by atoms with E-state index >= 15 is 0 Å². The molecule has 0 radical (unpaired) electrons. The summed E-state index contributed by atoms with van der Waals surface area (Å²) in [7, 11) is 0. The van der Waals surface area contributed by atoms with Crippen LogP contribution in [-0.4, -0.2) is 23.1 Å². The molecule has 0 unspecified atom stereocenters. The van der Waals surface area contributed by atoms with E-state index in [4.69, 9.17) is 10.5 Å². The van der Waals surface area contributed by atoms with E-state index in [0.717, 1.165) is 6.20 Å². The second kappa shape index (κ2) is 4.62. The van der Waals surface area contributed by atoms with E-state index in [0.29, 0.717) is 13.1 Å². The van der Waals surface area contributed by atoms with Crippen LogP contribution in [-0.2, 0) is 0 Å². The summed E-state index contributed by atoms with van der Waals surface area (Å²) >= 11 is 0. The lowest BCUT2D eigenvalue weighted by molar-refractivity contribution is 0.216. The first-order valence-corrected chi connectivity index (χ1v) is 3.24. The highest BCUT2D eigenvalue weighted by Gasteiger charge is 2.06. The topological polar surface area (TPSA) is 51.6 Å². The zero-order valence-electron chi connectivity index (χ0n) is 6.28. The molecule has 0 aliphatic heterocycles. The summed E-state index contributed by atoms with van der Waals surface area (Å²) in [5.41, 5.74) is 0. The van der Waals surface area contributed by atoms with Gasteiger partial charge in [0.1, 0.15) is 0 Å². The number of diazo groups is 1.